The predicted octanol–water partition coefficient (Wildman–Crippen LogP) is 1.58. The lowest BCUT2D eigenvalue weighted by molar-refractivity contribution is 0.196. The summed E-state index contributed by atoms with van der Waals surface area (Å²) in [6.07, 6.45) is -0.281. The van der Waals surface area contributed by atoms with E-state index in [-0.39, 0.29) is 11.4 Å². The first-order valence-corrected chi connectivity index (χ1v) is 6.29. The van der Waals surface area contributed by atoms with Gasteiger partial charge in [0, 0.05) is 18.1 Å². The molecule has 6 heteroatoms. The van der Waals surface area contributed by atoms with E-state index in [1.165, 1.54) is 0 Å². The molecule has 0 saturated carbocycles. The molecule has 80 valence electrons. The van der Waals surface area contributed by atoms with Crippen molar-refractivity contribution in [3.63, 3.8) is 0 Å². The minimum absolute atomic E-state index is 0.233. The molecule has 0 fully saturated rings. The van der Waals surface area contributed by atoms with Gasteiger partial charge in [0.05, 0.1) is 6.10 Å². The second kappa shape index (κ2) is 5.53. The van der Waals surface area contributed by atoms with Crippen molar-refractivity contribution >= 4 is 28.2 Å². The maximum atomic E-state index is 9.28. The van der Waals surface area contributed by atoms with Crippen LogP contribution in [0, 0.1) is 0 Å². The summed E-state index contributed by atoms with van der Waals surface area (Å²) in [6, 6.07) is 0. The molecular formula is C8H15N3OS2. The third-order valence-electron chi connectivity index (χ3n) is 1.83. The Morgan fingerprint density at radius 3 is 2.71 bits per heavy atom. The second-order valence-corrected chi connectivity index (χ2v) is 5.44. The molecule has 0 saturated heterocycles. The summed E-state index contributed by atoms with van der Waals surface area (Å²) in [7, 11) is 1.83. The van der Waals surface area contributed by atoms with Gasteiger partial charge in [-0.2, -0.15) is 0 Å². The van der Waals surface area contributed by atoms with Crippen LogP contribution in [-0.4, -0.2) is 33.7 Å². The van der Waals surface area contributed by atoms with Gasteiger partial charge in [0.25, 0.3) is 0 Å². The first kappa shape index (κ1) is 11.7. The van der Waals surface area contributed by atoms with Gasteiger partial charge in [-0.05, 0) is 6.92 Å². The Labute approximate surface area is 92.1 Å². The van der Waals surface area contributed by atoms with Crippen molar-refractivity contribution < 1.29 is 5.11 Å². The monoisotopic (exact) mass is 233 g/mol. The largest absolute Gasteiger partial charge is 0.392 e. The zero-order valence-corrected chi connectivity index (χ0v) is 10.2. The molecule has 1 rings (SSSR count). The average molecular weight is 233 g/mol. The van der Waals surface area contributed by atoms with Crippen LogP contribution < -0.4 is 5.32 Å². The fourth-order valence-electron chi connectivity index (χ4n) is 0.755. The molecule has 0 aromatic carbocycles. The number of nitrogens with one attached hydrogen (secondary N) is 1. The van der Waals surface area contributed by atoms with E-state index in [1.54, 1.807) is 30.0 Å². The number of aliphatic hydroxyl groups excluding tert-OH is 1. The molecule has 0 aliphatic carbocycles. The smallest absolute Gasteiger partial charge is 0.205 e. The predicted molar refractivity (Wildman–Crippen MR) is 61.9 cm³/mol. The number of aromatic nitrogens is 2. The van der Waals surface area contributed by atoms with Crippen molar-refractivity contribution in [2.24, 2.45) is 0 Å². The molecule has 2 N–H and O–H groups in total. The summed E-state index contributed by atoms with van der Waals surface area (Å²) >= 11 is 3.24. The Balaban J connectivity index is 2.37. The molecule has 0 bridgehead atoms. The van der Waals surface area contributed by atoms with Crippen LogP contribution in [0.1, 0.15) is 18.9 Å². The number of rotatable bonds is 5. The molecule has 14 heavy (non-hydrogen) atoms. The van der Waals surface area contributed by atoms with Crippen LogP contribution >= 0.6 is 23.1 Å². The molecule has 0 aliphatic rings. The summed E-state index contributed by atoms with van der Waals surface area (Å²) in [5, 5.41) is 22.3. The van der Waals surface area contributed by atoms with Crippen molar-refractivity contribution in [2.75, 3.05) is 12.4 Å². The number of hydrogen-bond acceptors (Lipinski definition) is 6. The lowest BCUT2D eigenvalue weighted by Gasteiger charge is -2.12. The van der Waals surface area contributed by atoms with Gasteiger partial charge in [-0.15, -0.1) is 22.0 Å². The number of hydrogen-bond donors (Lipinski definition) is 2. The Bertz CT molecular complexity index is 277. The second-order valence-electron chi connectivity index (χ2n) is 3.01. The van der Waals surface area contributed by atoms with Crippen molar-refractivity contribution in [1.82, 2.24) is 10.2 Å². The van der Waals surface area contributed by atoms with E-state index >= 15 is 0 Å². The Morgan fingerprint density at radius 1 is 1.50 bits per heavy atom. The van der Waals surface area contributed by atoms with Crippen molar-refractivity contribution in [3.8, 4) is 0 Å². The molecule has 0 spiro atoms. The molecule has 0 amide bonds. The normalized spacial score (nSPS) is 15.1. The van der Waals surface area contributed by atoms with E-state index < -0.39 is 0 Å². The van der Waals surface area contributed by atoms with E-state index in [0.29, 0.717) is 0 Å². The van der Waals surface area contributed by atoms with Gasteiger partial charge in [-0.1, -0.05) is 18.3 Å². The quantitative estimate of drug-likeness (QED) is 0.808. The zero-order chi connectivity index (χ0) is 10.6. The first-order valence-electron chi connectivity index (χ1n) is 4.43. The number of thioether (sulfide) groups is 1. The van der Waals surface area contributed by atoms with E-state index in [1.807, 2.05) is 14.0 Å². The number of aliphatic hydroxyl groups is 1. The summed E-state index contributed by atoms with van der Waals surface area (Å²) in [5.41, 5.74) is 0. The lowest BCUT2D eigenvalue weighted by Crippen LogP contribution is -2.15. The van der Waals surface area contributed by atoms with Crippen LogP contribution in [0.4, 0.5) is 5.13 Å². The maximum Gasteiger partial charge on any atom is 0.205 e. The molecular weight excluding hydrogens is 218 g/mol. The summed E-state index contributed by atoms with van der Waals surface area (Å²) in [5.74, 6) is 0.811. The fourth-order valence-corrected chi connectivity index (χ4v) is 2.43. The van der Waals surface area contributed by atoms with E-state index in [0.717, 1.165) is 15.9 Å². The Morgan fingerprint density at radius 2 is 2.21 bits per heavy atom. The molecule has 1 aromatic rings. The SMILES string of the molecule is CNc1nnc(CSC(C)C(C)O)s1. The number of anilines is 1. The van der Waals surface area contributed by atoms with Gasteiger partial charge in [0.2, 0.25) is 5.13 Å². The van der Waals surface area contributed by atoms with Crippen molar-refractivity contribution in [1.29, 1.82) is 0 Å². The van der Waals surface area contributed by atoms with Crippen molar-refractivity contribution in [2.45, 2.75) is 31.0 Å². The van der Waals surface area contributed by atoms with E-state index in [4.69, 9.17) is 0 Å². The van der Waals surface area contributed by atoms with Gasteiger partial charge in [-0.3, -0.25) is 0 Å². The van der Waals surface area contributed by atoms with E-state index in [2.05, 4.69) is 15.5 Å². The van der Waals surface area contributed by atoms with E-state index in [9.17, 15) is 5.11 Å². The molecule has 4 nitrogen and oxygen atoms in total. The highest BCUT2D eigenvalue weighted by Gasteiger charge is 2.10. The van der Waals surface area contributed by atoms with Gasteiger partial charge in [-0.25, -0.2) is 0 Å². The van der Waals surface area contributed by atoms with Crippen LogP contribution in [0.15, 0.2) is 0 Å². The van der Waals surface area contributed by atoms with Crippen LogP contribution in [0.5, 0.6) is 0 Å². The summed E-state index contributed by atoms with van der Waals surface area (Å²) in [4.78, 5) is 0. The molecule has 1 aromatic heterocycles. The molecule has 0 radical (unpaired) electrons. The zero-order valence-electron chi connectivity index (χ0n) is 8.52. The lowest BCUT2D eigenvalue weighted by atomic mass is 10.3. The van der Waals surface area contributed by atoms with Gasteiger partial charge in [0.15, 0.2) is 0 Å². The fraction of sp³-hybridized carbons (Fsp3) is 0.750. The Kier molecular flexibility index (Phi) is 4.64. The minimum Gasteiger partial charge on any atom is -0.392 e. The standard InChI is InChI=1S/C8H15N3OS2/c1-5(12)6(2)13-4-7-10-11-8(9-3)14-7/h5-6,12H,4H2,1-3H3,(H,9,11). The van der Waals surface area contributed by atoms with Gasteiger partial charge >= 0.3 is 0 Å². The van der Waals surface area contributed by atoms with Crippen molar-refractivity contribution in [3.05, 3.63) is 5.01 Å². The summed E-state index contributed by atoms with van der Waals surface area (Å²) in [6.45, 7) is 3.81. The highest BCUT2D eigenvalue weighted by molar-refractivity contribution is 7.99. The third kappa shape index (κ3) is 3.43. The molecule has 2 atom stereocenters. The van der Waals surface area contributed by atoms with Gasteiger partial charge in [0.1, 0.15) is 5.01 Å². The average Bonchev–Trinajstić information content (AvgIpc) is 2.61. The molecule has 0 aliphatic heterocycles. The molecule has 2 unspecified atom stereocenters. The van der Waals surface area contributed by atoms with Gasteiger partial charge < -0.3 is 10.4 Å². The summed E-state index contributed by atoms with van der Waals surface area (Å²) < 4.78 is 0. The minimum atomic E-state index is -0.281. The van der Waals surface area contributed by atoms with Crippen LogP contribution in [0.2, 0.25) is 0 Å². The first-order chi connectivity index (χ1) is 6.63. The van der Waals surface area contributed by atoms with Crippen LogP contribution in [-0.2, 0) is 5.75 Å². The van der Waals surface area contributed by atoms with Crippen LogP contribution in [0.3, 0.4) is 0 Å². The maximum absolute atomic E-state index is 9.28. The van der Waals surface area contributed by atoms with Crippen LogP contribution in [0.25, 0.3) is 0 Å². The third-order valence-corrected chi connectivity index (χ3v) is 4.31. The topological polar surface area (TPSA) is 58.0 Å². The highest BCUT2D eigenvalue weighted by Crippen LogP contribution is 2.23. The Hall–Kier alpha value is -0.330. The molecule has 1 heterocycles. The highest BCUT2D eigenvalue weighted by atomic mass is 32.2. The number of nitrogens with zero attached hydrogens (tertiary/aromatic N) is 2.